The van der Waals surface area contributed by atoms with Crippen molar-refractivity contribution in [2.75, 3.05) is 36.6 Å². The zero-order valence-corrected chi connectivity index (χ0v) is 24.5. The second-order valence-corrected chi connectivity index (χ2v) is 11.7. The monoisotopic (exact) mass is 551 g/mol. The number of benzene rings is 1. The summed E-state index contributed by atoms with van der Waals surface area (Å²) in [5, 5.41) is 5.02. The fraction of sp³-hybridized carbons (Fsp3) is 0.467. The quantitative estimate of drug-likeness (QED) is 0.340. The maximum Gasteiger partial charge on any atom is 0.174 e. The van der Waals surface area contributed by atoms with E-state index in [0.717, 1.165) is 41.7 Å². The van der Waals surface area contributed by atoms with E-state index in [2.05, 4.69) is 77.7 Å². The Kier molecular flexibility index (Phi) is 7.98. The van der Waals surface area contributed by atoms with Crippen molar-refractivity contribution in [1.82, 2.24) is 14.9 Å². The lowest BCUT2D eigenvalue weighted by Gasteiger charge is -2.37. The first kappa shape index (κ1) is 27.0. The summed E-state index contributed by atoms with van der Waals surface area (Å²) in [5.74, 6) is 1.31. The molecule has 5 rings (SSSR count). The van der Waals surface area contributed by atoms with Crippen LogP contribution in [0.1, 0.15) is 55.0 Å². The summed E-state index contributed by atoms with van der Waals surface area (Å²) in [4.78, 5) is 9.36. The Morgan fingerprint density at radius 2 is 1.87 bits per heavy atom. The van der Waals surface area contributed by atoms with E-state index in [1.54, 1.807) is 7.11 Å². The molecule has 2 aromatic heterocycles. The van der Waals surface area contributed by atoms with E-state index in [9.17, 15) is 0 Å². The lowest BCUT2D eigenvalue weighted by Crippen LogP contribution is -2.38. The van der Waals surface area contributed by atoms with Crippen LogP contribution in [0.25, 0.3) is 0 Å². The molecular formula is C30H38ClN5OS. The lowest BCUT2D eigenvalue weighted by molar-refractivity contribution is 0.186. The van der Waals surface area contributed by atoms with Crippen molar-refractivity contribution >= 4 is 40.3 Å². The number of hydrogen-bond donors (Lipinski definition) is 1. The molecule has 4 atom stereocenters. The van der Waals surface area contributed by atoms with Crippen LogP contribution >= 0.6 is 23.8 Å². The van der Waals surface area contributed by atoms with Gasteiger partial charge in [0, 0.05) is 50.0 Å². The summed E-state index contributed by atoms with van der Waals surface area (Å²) < 4.78 is 7.71. The van der Waals surface area contributed by atoms with Crippen molar-refractivity contribution in [3.8, 4) is 0 Å². The SMILES string of the molecule is COCCn1c(C)cc([C@@H]2[C@@H](c3ccccn3)NC(=S)N2c2ccc(N3C[C@H](C)C[C@H](C)C3)c(Cl)c2)c1C. The van der Waals surface area contributed by atoms with Gasteiger partial charge in [-0.3, -0.25) is 4.98 Å². The van der Waals surface area contributed by atoms with Gasteiger partial charge in [-0.05, 0) is 86.3 Å². The van der Waals surface area contributed by atoms with E-state index in [0.29, 0.717) is 23.6 Å². The van der Waals surface area contributed by atoms with Crippen LogP contribution < -0.4 is 15.1 Å². The molecule has 3 aromatic rings. The van der Waals surface area contributed by atoms with Crippen molar-refractivity contribution in [2.24, 2.45) is 11.8 Å². The van der Waals surface area contributed by atoms with Crippen LogP contribution in [0, 0.1) is 25.7 Å². The van der Waals surface area contributed by atoms with Crippen LogP contribution in [0.2, 0.25) is 5.02 Å². The minimum absolute atomic E-state index is 0.0724. The van der Waals surface area contributed by atoms with Crippen LogP contribution in [0.15, 0.2) is 48.7 Å². The highest BCUT2D eigenvalue weighted by Crippen LogP contribution is 2.45. The predicted octanol–water partition coefficient (Wildman–Crippen LogP) is 6.46. The van der Waals surface area contributed by atoms with Gasteiger partial charge in [0.15, 0.2) is 5.11 Å². The fourth-order valence-electron chi connectivity index (χ4n) is 6.36. The molecule has 2 fully saturated rings. The molecule has 6 nitrogen and oxygen atoms in total. The highest BCUT2D eigenvalue weighted by Gasteiger charge is 2.42. The molecule has 2 aliphatic rings. The molecule has 0 amide bonds. The smallest absolute Gasteiger partial charge is 0.174 e. The number of methoxy groups -OCH3 is 1. The molecule has 0 unspecified atom stereocenters. The van der Waals surface area contributed by atoms with E-state index >= 15 is 0 Å². The van der Waals surface area contributed by atoms with E-state index < -0.39 is 0 Å². The van der Waals surface area contributed by atoms with Crippen LogP contribution in [0.5, 0.6) is 0 Å². The Morgan fingerprint density at radius 3 is 2.53 bits per heavy atom. The number of hydrogen-bond acceptors (Lipinski definition) is 4. The van der Waals surface area contributed by atoms with Crippen molar-refractivity contribution in [3.05, 3.63) is 76.3 Å². The molecule has 0 aliphatic carbocycles. The maximum atomic E-state index is 6.99. The molecule has 202 valence electrons. The highest BCUT2D eigenvalue weighted by atomic mass is 35.5. The third-order valence-electron chi connectivity index (χ3n) is 7.97. The van der Waals surface area contributed by atoms with E-state index in [1.165, 1.54) is 23.4 Å². The topological polar surface area (TPSA) is 45.6 Å². The fourth-order valence-corrected chi connectivity index (χ4v) is 7.00. The number of rotatable bonds is 7. The lowest BCUT2D eigenvalue weighted by atomic mass is 9.91. The number of piperidine rings is 1. The molecule has 2 saturated heterocycles. The number of nitrogens with zero attached hydrogens (tertiary/aromatic N) is 4. The van der Waals surface area contributed by atoms with E-state index in [4.69, 9.17) is 33.5 Å². The van der Waals surface area contributed by atoms with Gasteiger partial charge in [0.25, 0.3) is 0 Å². The van der Waals surface area contributed by atoms with Gasteiger partial charge >= 0.3 is 0 Å². The zero-order chi connectivity index (χ0) is 27.0. The Balaban J connectivity index is 1.55. The predicted molar refractivity (Wildman–Crippen MR) is 160 cm³/mol. The van der Waals surface area contributed by atoms with Gasteiger partial charge in [0.05, 0.1) is 35.1 Å². The number of nitrogens with one attached hydrogen (secondary N) is 1. The second kappa shape index (κ2) is 11.2. The summed E-state index contributed by atoms with van der Waals surface area (Å²) in [7, 11) is 1.74. The summed E-state index contributed by atoms with van der Waals surface area (Å²) >= 11 is 13.0. The molecule has 0 radical (unpaired) electrons. The average Bonchev–Trinajstić information content (AvgIpc) is 3.37. The number of pyridine rings is 1. The molecule has 1 N–H and O–H groups in total. The Morgan fingerprint density at radius 1 is 1.11 bits per heavy atom. The third kappa shape index (κ3) is 5.16. The Bertz CT molecular complexity index is 1290. The van der Waals surface area contributed by atoms with E-state index in [1.807, 2.05) is 18.3 Å². The number of aromatic nitrogens is 2. The second-order valence-electron chi connectivity index (χ2n) is 11.0. The van der Waals surface area contributed by atoms with Gasteiger partial charge in [0.1, 0.15) is 0 Å². The molecular weight excluding hydrogens is 514 g/mol. The summed E-state index contributed by atoms with van der Waals surface area (Å²) in [6.07, 6.45) is 3.10. The molecule has 2 aliphatic heterocycles. The van der Waals surface area contributed by atoms with Crippen molar-refractivity contribution in [3.63, 3.8) is 0 Å². The van der Waals surface area contributed by atoms with Crippen molar-refractivity contribution in [1.29, 1.82) is 0 Å². The van der Waals surface area contributed by atoms with Gasteiger partial charge in [-0.1, -0.05) is 31.5 Å². The van der Waals surface area contributed by atoms with Crippen LogP contribution in [-0.4, -0.2) is 41.5 Å². The first-order chi connectivity index (χ1) is 18.3. The highest BCUT2D eigenvalue weighted by molar-refractivity contribution is 7.80. The Hall–Kier alpha value is -2.61. The van der Waals surface area contributed by atoms with Crippen molar-refractivity contribution < 1.29 is 4.74 Å². The normalized spacial score (nSPS) is 23.7. The van der Waals surface area contributed by atoms with Crippen LogP contribution in [0.4, 0.5) is 11.4 Å². The number of anilines is 2. The van der Waals surface area contributed by atoms with Gasteiger partial charge < -0.3 is 24.4 Å². The number of aryl methyl sites for hydroxylation is 1. The first-order valence-electron chi connectivity index (χ1n) is 13.5. The van der Waals surface area contributed by atoms with Crippen LogP contribution in [-0.2, 0) is 11.3 Å². The summed E-state index contributed by atoms with van der Waals surface area (Å²) in [5.41, 5.74) is 6.68. The summed E-state index contributed by atoms with van der Waals surface area (Å²) in [6, 6.07) is 14.6. The average molecular weight is 552 g/mol. The molecule has 0 bridgehead atoms. The number of ether oxygens (including phenoxy) is 1. The number of thiocarbonyl (C=S) groups is 1. The first-order valence-corrected chi connectivity index (χ1v) is 14.3. The van der Waals surface area contributed by atoms with Crippen LogP contribution in [0.3, 0.4) is 0 Å². The minimum Gasteiger partial charge on any atom is -0.383 e. The van der Waals surface area contributed by atoms with Crippen molar-refractivity contribution in [2.45, 2.75) is 52.7 Å². The van der Waals surface area contributed by atoms with Gasteiger partial charge in [0.2, 0.25) is 0 Å². The molecule has 8 heteroatoms. The molecule has 38 heavy (non-hydrogen) atoms. The minimum atomic E-state index is -0.0951. The standard InChI is InChI=1S/C30H38ClN5OS/c1-19-14-20(2)18-34(17-19)27-10-9-23(16-25(27)31)36-29(24-15-21(3)35(22(24)4)12-13-37-5)28(33-30(36)38)26-8-6-7-11-32-26/h6-11,15-16,19-20,28-29H,12-14,17-18H2,1-5H3,(H,33,38)/t19-,20+,28-,29-/m1/s1. The summed E-state index contributed by atoms with van der Waals surface area (Å²) in [6.45, 7) is 12.5. The zero-order valence-electron chi connectivity index (χ0n) is 22.9. The van der Waals surface area contributed by atoms with Gasteiger partial charge in [-0.15, -0.1) is 0 Å². The number of halogens is 1. The molecule has 0 saturated carbocycles. The van der Waals surface area contributed by atoms with Gasteiger partial charge in [-0.2, -0.15) is 0 Å². The van der Waals surface area contributed by atoms with E-state index in [-0.39, 0.29) is 12.1 Å². The van der Waals surface area contributed by atoms with Gasteiger partial charge in [-0.25, -0.2) is 0 Å². The molecule has 4 heterocycles. The molecule has 1 aromatic carbocycles. The maximum absolute atomic E-state index is 6.99. The largest absolute Gasteiger partial charge is 0.383 e. The Labute approximate surface area is 236 Å². The third-order valence-corrected chi connectivity index (χ3v) is 8.58. The molecule has 0 spiro atoms.